The Morgan fingerprint density at radius 2 is 2.24 bits per heavy atom. The summed E-state index contributed by atoms with van der Waals surface area (Å²) in [5.74, 6) is 4.82. The van der Waals surface area contributed by atoms with Gasteiger partial charge in [-0.05, 0) is 31.5 Å². The molecule has 21 heavy (non-hydrogen) atoms. The smallest absolute Gasteiger partial charge is 0.265 e. The number of benzene rings is 1. The van der Waals surface area contributed by atoms with Gasteiger partial charge in [0.2, 0.25) is 5.91 Å². The summed E-state index contributed by atoms with van der Waals surface area (Å²) in [5.41, 5.74) is 3.06. The molecule has 114 valence electrons. The Morgan fingerprint density at radius 3 is 2.86 bits per heavy atom. The predicted octanol–water partition coefficient (Wildman–Crippen LogP) is 0.763. The Balaban J connectivity index is 2.20. The Morgan fingerprint density at radius 1 is 1.52 bits per heavy atom. The summed E-state index contributed by atoms with van der Waals surface area (Å²) >= 11 is 3.48. The summed E-state index contributed by atoms with van der Waals surface area (Å²) in [7, 11) is 0. The van der Waals surface area contributed by atoms with Crippen molar-refractivity contribution in [2.24, 2.45) is 5.84 Å². The van der Waals surface area contributed by atoms with Gasteiger partial charge < -0.3 is 5.32 Å². The molecule has 4 N–H and O–H groups in total. The van der Waals surface area contributed by atoms with Crippen LogP contribution in [0.3, 0.4) is 0 Å². The van der Waals surface area contributed by atoms with Crippen LogP contribution in [0, 0.1) is 0 Å². The van der Waals surface area contributed by atoms with Crippen LogP contribution in [0.1, 0.15) is 29.8 Å². The van der Waals surface area contributed by atoms with Crippen LogP contribution in [-0.4, -0.2) is 35.3 Å². The van der Waals surface area contributed by atoms with Gasteiger partial charge >= 0.3 is 0 Å². The molecule has 1 heterocycles. The van der Waals surface area contributed by atoms with E-state index in [1.165, 1.54) is 0 Å². The lowest BCUT2D eigenvalue weighted by Gasteiger charge is -2.41. The van der Waals surface area contributed by atoms with E-state index >= 15 is 0 Å². The van der Waals surface area contributed by atoms with Crippen molar-refractivity contribution >= 4 is 27.7 Å². The number of halogens is 1. The van der Waals surface area contributed by atoms with Crippen LogP contribution in [0.15, 0.2) is 22.7 Å². The number of piperazine rings is 1. The predicted molar refractivity (Wildman–Crippen MR) is 83.3 cm³/mol. The first-order chi connectivity index (χ1) is 9.86. The van der Waals surface area contributed by atoms with E-state index in [0.717, 1.165) is 16.6 Å². The molecule has 0 atom stereocenters. The van der Waals surface area contributed by atoms with Gasteiger partial charge in [-0.25, -0.2) is 5.84 Å². The third-order valence-corrected chi connectivity index (χ3v) is 4.56. The molecule has 1 aromatic rings. The highest BCUT2D eigenvalue weighted by Crippen LogP contribution is 2.25. The molecule has 6 nitrogen and oxygen atoms in total. The summed E-state index contributed by atoms with van der Waals surface area (Å²) in [6.45, 7) is 5.88. The Labute approximate surface area is 132 Å². The van der Waals surface area contributed by atoms with Crippen LogP contribution in [0.5, 0.6) is 0 Å². The maximum absolute atomic E-state index is 12.0. The summed E-state index contributed by atoms with van der Waals surface area (Å²) in [5, 5.41) is 2.88. The minimum atomic E-state index is -0.551. The van der Waals surface area contributed by atoms with Gasteiger partial charge in [0.25, 0.3) is 5.91 Å². The number of hydrazine groups is 1. The number of hydrogen-bond acceptors (Lipinski definition) is 4. The summed E-state index contributed by atoms with van der Waals surface area (Å²) in [6.07, 6.45) is 0. The number of nitrogen functional groups attached to an aromatic ring is 1. The van der Waals surface area contributed by atoms with Gasteiger partial charge in [-0.3, -0.25) is 19.9 Å². The minimum absolute atomic E-state index is 0.0315. The number of carbonyl (C=O) groups excluding carboxylic acids is 2. The molecule has 0 radical (unpaired) electrons. The highest BCUT2D eigenvalue weighted by molar-refractivity contribution is 9.10. The zero-order chi connectivity index (χ0) is 15.6. The molecule has 2 amide bonds. The fraction of sp³-hybridized carbons (Fsp3) is 0.429. The van der Waals surface area contributed by atoms with E-state index in [9.17, 15) is 9.59 Å². The van der Waals surface area contributed by atoms with Gasteiger partial charge in [0, 0.05) is 29.7 Å². The topological polar surface area (TPSA) is 87.5 Å². The second-order valence-electron chi connectivity index (χ2n) is 5.52. The molecular weight excluding hydrogens is 336 g/mol. The van der Waals surface area contributed by atoms with Crippen LogP contribution in [-0.2, 0) is 11.3 Å². The zero-order valence-corrected chi connectivity index (χ0v) is 13.7. The van der Waals surface area contributed by atoms with Crippen LogP contribution in [0.25, 0.3) is 0 Å². The van der Waals surface area contributed by atoms with Crippen molar-refractivity contribution in [3.05, 3.63) is 33.8 Å². The van der Waals surface area contributed by atoms with E-state index in [0.29, 0.717) is 18.7 Å². The number of nitrogens with one attached hydrogen (secondary N) is 2. The van der Waals surface area contributed by atoms with Crippen molar-refractivity contribution in [2.75, 3.05) is 13.1 Å². The first-order valence-corrected chi connectivity index (χ1v) is 7.48. The molecule has 1 aliphatic heterocycles. The Hall–Kier alpha value is -1.44. The normalized spacial score (nSPS) is 18.2. The molecule has 1 saturated heterocycles. The van der Waals surface area contributed by atoms with Gasteiger partial charge in [0.15, 0.2) is 0 Å². The van der Waals surface area contributed by atoms with Crippen molar-refractivity contribution in [3.63, 3.8) is 0 Å². The fourth-order valence-corrected chi connectivity index (χ4v) is 2.83. The number of nitrogens with zero attached hydrogens (tertiary/aromatic N) is 1. The van der Waals surface area contributed by atoms with Crippen molar-refractivity contribution in [2.45, 2.75) is 25.9 Å². The molecule has 0 aliphatic carbocycles. The quantitative estimate of drug-likeness (QED) is 0.425. The van der Waals surface area contributed by atoms with E-state index in [2.05, 4.69) is 31.6 Å². The third kappa shape index (κ3) is 3.25. The number of nitrogens with two attached hydrogens (primary N) is 1. The van der Waals surface area contributed by atoms with Gasteiger partial charge in [-0.1, -0.05) is 22.0 Å². The van der Waals surface area contributed by atoms with E-state index < -0.39 is 5.54 Å². The highest BCUT2D eigenvalue weighted by atomic mass is 79.9. The van der Waals surface area contributed by atoms with E-state index in [-0.39, 0.29) is 11.8 Å². The molecular formula is C14H19BrN4O2. The third-order valence-electron chi connectivity index (χ3n) is 3.82. The van der Waals surface area contributed by atoms with Crippen molar-refractivity contribution in [1.29, 1.82) is 0 Å². The van der Waals surface area contributed by atoms with Gasteiger partial charge in [0.05, 0.1) is 5.54 Å². The maximum atomic E-state index is 12.0. The average molecular weight is 355 g/mol. The first-order valence-electron chi connectivity index (χ1n) is 6.69. The average Bonchev–Trinajstić information content (AvgIpc) is 2.45. The molecule has 2 rings (SSSR count). The second-order valence-corrected chi connectivity index (χ2v) is 6.37. The molecule has 0 aromatic heterocycles. The van der Waals surface area contributed by atoms with Crippen LogP contribution < -0.4 is 16.6 Å². The molecule has 1 aromatic carbocycles. The number of rotatable bonds is 3. The Kier molecular flexibility index (Phi) is 4.65. The molecule has 0 unspecified atom stereocenters. The number of carbonyl (C=O) groups is 2. The lowest BCUT2D eigenvalue weighted by Crippen LogP contribution is -2.61. The molecule has 1 aliphatic rings. The van der Waals surface area contributed by atoms with Gasteiger partial charge in [-0.2, -0.15) is 0 Å². The Bertz CT molecular complexity index is 574. The molecule has 7 heteroatoms. The molecule has 1 fully saturated rings. The number of hydrogen-bond donors (Lipinski definition) is 3. The monoisotopic (exact) mass is 354 g/mol. The second kappa shape index (κ2) is 6.13. The maximum Gasteiger partial charge on any atom is 0.265 e. The van der Waals surface area contributed by atoms with Gasteiger partial charge in [0.1, 0.15) is 0 Å². The largest absolute Gasteiger partial charge is 0.353 e. The standard InChI is InChI=1S/C14H19BrN4O2/c1-14(2)13(21)17-5-6-19(14)8-10-4-3-9(7-11(10)15)12(20)18-16/h3-4,7H,5-6,8,16H2,1-2H3,(H,17,21)(H,18,20). The molecule has 0 saturated carbocycles. The lowest BCUT2D eigenvalue weighted by atomic mass is 9.98. The molecule has 0 bridgehead atoms. The minimum Gasteiger partial charge on any atom is -0.353 e. The summed E-state index contributed by atoms with van der Waals surface area (Å²) < 4.78 is 0.824. The SMILES string of the molecule is CC1(C)C(=O)NCCN1Cc1ccc(C(=O)NN)cc1Br. The molecule has 0 spiro atoms. The van der Waals surface area contributed by atoms with Gasteiger partial charge in [-0.15, -0.1) is 0 Å². The van der Waals surface area contributed by atoms with Crippen molar-refractivity contribution in [1.82, 2.24) is 15.6 Å². The summed E-state index contributed by atoms with van der Waals surface area (Å²) in [6, 6.07) is 5.32. The van der Waals surface area contributed by atoms with E-state index in [4.69, 9.17) is 5.84 Å². The summed E-state index contributed by atoms with van der Waals surface area (Å²) in [4.78, 5) is 25.6. The van der Waals surface area contributed by atoms with E-state index in [1.54, 1.807) is 12.1 Å². The van der Waals surface area contributed by atoms with E-state index in [1.807, 2.05) is 19.9 Å². The highest BCUT2D eigenvalue weighted by Gasteiger charge is 2.37. The van der Waals surface area contributed by atoms with Crippen LogP contribution in [0.2, 0.25) is 0 Å². The van der Waals surface area contributed by atoms with Crippen LogP contribution in [0.4, 0.5) is 0 Å². The van der Waals surface area contributed by atoms with Crippen molar-refractivity contribution < 1.29 is 9.59 Å². The first kappa shape index (κ1) is 15.9. The fourth-order valence-electron chi connectivity index (χ4n) is 2.33. The van der Waals surface area contributed by atoms with Crippen LogP contribution >= 0.6 is 15.9 Å². The number of amides is 2. The van der Waals surface area contributed by atoms with Crippen molar-refractivity contribution in [3.8, 4) is 0 Å². The lowest BCUT2D eigenvalue weighted by molar-refractivity contribution is -0.135. The zero-order valence-electron chi connectivity index (χ0n) is 12.1.